The number of carbonyl (C=O) groups excluding carboxylic acids is 1. The number of Topliss-reactive ketones (excluding diaryl/α,β-unsaturated/α-hetero) is 1. The lowest BCUT2D eigenvalue weighted by atomic mass is 10.1. The molecule has 0 amide bonds. The van der Waals surface area contributed by atoms with Gasteiger partial charge in [-0.15, -0.1) is 0 Å². The summed E-state index contributed by atoms with van der Waals surface area (Å²) in [4.78, 5) is 14.1. The van der Waals surface area contributed by atoms with Crippen LogP contribution in [-0.4, -0.2) is 19.4 Å². The number of benzene rings is 2. The molecule has 0 fully saturated rings. The Morgan fingerprint density at radius 2 is 1.81 bits per heavy atom. The first kappa shape index (κ1) is 15.8. The van der Waals surface area contributed by atoms with Crippen LogP contribution in [0, 0.1) is 5.82 Å². The largest absolute Gasteiger partial charge is 0.374 e. The zero-order valence-electron chi connectivity index (χ0n) is 11.4. The fourth-order valence-electron chi connectivity index (χ4n) is 1.95. The van der Waals surface area contributed by atoms with E-state index in [0.717, 1.165) is 5.69 Å². The van der Waals surface area contributed by atoms with E-state index in [2.05, 4.69) is 0 Å². The van der Waals surface area contributed by atoms with Gasteiger partial charge in [0.1, 0.15) is 5.82 Å². The summed E-state index contributed by atoms with van der Waals surface area (Å²) in [6.45, 7) is 0.507. The van der Waals surface area contributed by atoms with Crippen LogP contribution in [0.4, 0.5) is 10.1 Å². The second-order valence-corrected chi connectivity index (χ2v) is 5.46. The Morgan fingerprint density at radius 1 is 1.14 bits per heavy atom. The topological polar surface area (TPSA) is 20.3 Å². The molecule has 0 N–H and O–H groups in total. The molecule has 0 aromatic heterocycles. The molecule has 0 atom stereocenters. The minimum absolute atomic E-state index is 0.0727. The van der Waals surface area contributed by atoms with Crippen molar-refractivity contribution in [2.75, 3.05) is 18.5 Å². The zero-order valence-corrected chi connectivity index (χ0v) is 13.0. The first-order chi connectivity index (χ1) is 9.99. The Bertz CT molecular complexity index is 643. The number of anilines is 1. The van der Waals surface area contributed by atoms with Gasteiger partial charge in [0, 0.05) is 31.3 Å². The molecule has 0 spiro atoms. The first-order valence-electron chi connectivity index (χ1n) is 6.43. The smallest absolute Gasteiger partial charge is 0.166 e. The third kappa shape index (κ3) is 3.96. The number of hydrogen-bond acceptors (Lipinski definition) is 2. The summed E-state index contributed by atoms with van der Waals surface area (Å²) in [5, 5.41) is 0.656. The fraction of sp³-hybridized carbons (Fsp3) is 0.188. The van der Waals surface area contributed by atoms with Crippen LogP contribution in [0.2, 0.25) is 10.0 Å². The van der Waals surface area contributed by atoms with Crippen LogP contribution in [0.25, 0.3) is 0 Å². The van der Waals surface area contributed by atoms with Crippen LogP contribution in [0.15, 0.2) is 42.5 Å². The van der Waals surface area contributed by atoms with Gasteiger partial charge >= 0.3 is 0 Å². The highest BCUT2D eigenvalue weighted by atomic mass is 35.5. The lowest BCUT2D eigenvalue weighted by Gasteiger charge is -2.19. The highest BCUT2D eigenvalue weighted by molar-refractivity contribution is 6.43. The van der Waals surface area contributed by atoms with Gasteiger partial charge in [-0.1, -0.05) is 29.3 Å². The van der Waals surface area contributed by atoms with Crippen molar-refractivity contribution in [3.05, 3.63) is 63.9 Å². The molecule has 2 aromatic carbocycles. The standard InChI is InChI=1S/C16H14Cl2FNO/c1-20(12-7-5-11(19)6-8-12)10-9-15(21)13-3-2-4-14(17)16(13)18/h2-8H,9-10H2,1H3. The first-order valence-corrected chi connectivity index (χ1v) is 7.18. The number of carbonyl (C=O) groups is 1. The molecule has 0 bridgehead atoms. The monoisotopic (exact) mass is 325 g/mol. The Hall–Kier alpha value is -1.58. The quantitative estimate of drug-likeness (QED) is 0.733. The number of halogens is 3. The predicted molar refractivity (Wildman–Crippen MR) is 85.1 cm³/mol. The van der Waals surface area contributed by atoms with Crippen molar-refractivity contribution in [2.45, 2.75) is 6.42 Å². The SMILES string of the molecule is CN(CCC(=O)c1cccc(Cl)c1Cl)c1ccc(F)cc1. The van der Waals surface area contributed by atoms with Crippen molar-refractivity contribution in [3.8, 4) is 0 Å². The van der Waals surface area contributed by atoms with E-state index in [1.54, 1.807) is 30.3 Å². The van der Waals surface area contributed by atoms with Gasteiger partial charge in [-0.25, -0.2) is 4.39 Å². The fourth-order valence-corrected chi connectivity index (χ4v) is 2.35. The van der Waals surface area contributed by atoms with Gasteiger partial charge in [0.05, 0.1) is 10.0 Å². The van der Waals surface area contributed by atoms with E-state index in [1.807, 2.05) is 11.9 Å². The van der Waals surface area contributed by atoms with Crippen LogP contribution in [0.5, 0.6) is 0 Å². The van der Waals surface area contributed by atoms with E-state index in [0.29, 0.717) is 23.6 Å². The molecular formula is C16H14Cl2FNO. The average Bonchev–Trinajstić information content (AvgIpc) is 2.48. The van der Waals surface area contributed by atoms with E-state index < -0.39 is 0 Å². The minimum atomic E-state index is -0.283. The molecular weight excluding hydrogens is 312 g/mol. The van der Waals surface area contributed by atoms with Crippen molar-refractivity contribution in [1.82, 2.24) is 0 Å². The summed E-state index contributed by atoms with van der Waals surface area (Å²) >= 11 is 11.9. The predicted octanol–water partition coefficient (Wildman–Crippen LogP) is 4.84. The molecule has 110 valence electrons. The molecule has 2 rings (SSSR count). The molecule has 0 heterocycles. The Kier molecular flexibility index (Phi) is 5.21. The van der Waals surface area contributed by atoms with Gasteiger partial charge < -0.3 is 4.90 Å². The second kappa shape index (κ2) is 6.92. The molecule has 2 nitrogen and oxygen atoms in total. The van der Waals surface area contributed by atoms with Crippen LogP contribution in [0.3, 0.4) is 0 Å². The lowest BCUT2D eigenvalue weighted by molar-refractivity contribution is 0.0985. The lowest BCUT2D eigenvalue weighted by Crippen LogP contribution is -2.21. The molecule has 0 unspecified atom stereocenters. The summed E-state index contributed by atoms with van der Waals surface area (Å²) in [5.41, 5.74) is 1.28. The van der Waals surface area contributed by atoms with E-state index >= 15 is 0 Å². The maximum Gasteiger partial charge on any atom is 0.166 e. The van der Waals surface area contributed by atoms with Crippen molar-refractivity contribution in [2.24, 2.45) is 0 Å². The van der Waals surface area contributed by atoms with Gasteiger partial charge in [0.2, 0.25) is 0 Å². The number of ketones is 1. The van der Waals surface area contributed by atoms with Crippen LogP contribution in [0.1, 0.15) is 16.8 Å². The van der Waals surface area contributed by atoms with E-state index in [1.165, 1.54) is 12.1 Å². The molecule has 21 heavy (non-hydrogen) atoms. The van der Waals surface area contributed by atoms with Crippen molar-refractivity contribution < 1.29 is 9.18 Å². The maximum absolute atomic E-state index is 12.9. The molecule has 0 saturated heterocycles. The van der Waals surface area contributed by atoms with Crippen molar-refractivity contribution in [1.29, 1.82) is 0 Å². The van der Waals surface area contributed by atoms with Gasteiger partial charge in [-0.2, -0.15) is 0 Å². The Morgan fingerprint density at radius 3 is 2.48 bits per heavy atom. The second-order valence-electron chi connectivity index (χ2n) is 4.67. The van der Waals surface area contributed by atoms with Gasteiger partial charge in [0.15, 0.2) is 5.78 Å². The summed E-state index contributed by atoms with van der Waals surface area (Å²) in [6.07, 6.45) is 0.300. The van der Waals surface area contributed by atoms with Crippen LogP contribution >= 0.6 is 23.2 Å². The summed E-state index contributed by atoms with van der Waals surface area (Å²) in [7, 11) is 1.85. The Labute approximate surface area is 133 Å². The number of nitrogens with zero attached hydrogens (tertiary/aromatic N) is 1. The third-order valence-electron chi connectivity index (χ3n) is 3.19. The van der Waals surface area contributed by atoms with E-state index in [4.69, 9.17) is 23.2 Å². The summed E-state index contributed by atoms with van der Waals surface area (Å²) in [6, 6.07) is 11.1. The van der Waals surface area contributed by atoms with E-state index in [9.17, 15) is 9.18 Å². The molecule has 0 aliphatic rings. The Balaban J connectivity index is 2.00. The van der Waals surface area contributed by atoms with Crippen LogP contribution in [-0.2, 0) is 0 Å². The summed E-state index contributed by atoms with van der Waals surface area (Å²) in [5.74, 6) is -0.356. The van der Waals surface area contributed by atoms with Gasteiger partial charge in [0.25, 0.3) is 0 Å². The van der Waals surface area contributed by atoms with Crippen molar-refractivity contribution in [3.63, 3.8) is 0 Å². The molecule has 0 aliphatic carbocycles. The zero-order chi connectivity index (χ0) is 15.4. The molecule has 0 aliphatic heterocycles. The molecule has 0 saturated carbocycles. The van der Waals surface area contributed by atoms with Gasteiger partial charge in [-0.3, -0.25) is 4.79 Å². The van der Waals surface area contributed by atoms with Crippen LogP contribution < -0.4 is 4.90 Å². The molecule has 2 aromatic rings. The molecule has 0 radical (unpaired) electrons. The summed E-state index contributed by atoms with van der Waals surface area (Å²) < 4.78 is 12.9. The van der Waals surface area contributed by atoms with Gasteiger partial charge in [-0.05, 0) is 36.4 Å². The number of hydrogen-bond donors (Lipinski definition) is 0. The molecule has 5 heteroatoms. The highest BCUT2D eigenvalue weighted by Crippen LogP contribution is 2.26. The third-order valence-corrected chi connectivity index (χ3v) is 4.01. The normalized spacial score (nSPS) is 10.5. The van der Waals surface area contributed by atoms with E-state index in [-0.39, 0.29) is 16.6 Å². The average molecular weight is 326 g/mol. The maximum atomic E-state index is 12.9. The number of rotatable bonds is 5. The van der Waals surface area contributed by atoms with Crippen molar-refractivity contribution >= 4 is 34.7 Å². The minimum Gasteiger partial charge on any atom is -0.374 e. The highest BCUT2D eigenvalue weighted by Gasteiger charge is 2.13.